The van der Waals surface area contributed by atoms with Crippen LogP contribution < -0.4 is 9.47 Å². The molecule has 1 aliphatic rings. The summed E-state index contributed by atoms with van der Waals surface area (Å²) in [5.74, 6) is 0.316. The second kappa shape index (κ2) is 3.90. The number of thioether (sulfide) groups is 1. The minimum Gasteiger partial charge on any atom is -0.424 e. The lowest BCUT2D eigenvalue weighted by Crippen LogP contribution is -2.10. The zero-order valence-corrected chi connectivity index (χ0v) is 9.19. The molecule has 1 unspecified atom stereocenters. The molecule has 0 spiro atoms. The van der Waals surface area contributed by atoms with Gasteiger partial charge in [-0.25, -0.2) is 0 Å². The lowest BCUT2D eigenvalue weighted by molar-refractivity contribution is -0.0661. The number of alkyl halides is 1. The predicted octanol–water partition coefficient (Wildman–Crippen LogP) is 2.81. The van der Waals surface area contributed by atoms with Gasteiger partial charge >= 0.3 is 6.54 Å². The summed E-state index contributed by atoms with van der Waals surface area (Å²) in [6.07, 6.45) is 1.81. The fraction of sp³-hybridized carbons (Fsp3) is 0.222. The first kappa shape index (κ1) is 10.6. The summed E-state index contributed by atoms with van der Waals surface area (Å²) in [5.41, 5.74) is 0.115. The minimum atomic E-state index is -1.87. The minimum absolute atomic E-state index is 0.0781. The Kier molecular flexibility index (Phi) is 2.75. The number of halogens is 2. The highest BCUT2D eigenvalue weighted by Crippen LogP contribution is 2.45. The van der Waals surface area contributed by atoms with Gasteiger partial charge in [0, 0.05) is 0 Å². The molecule has 0 aliphatic carbocycles. The SMILES string of the molecule is CSc1ccc(C(=O)Cl)c2c1OC(F)O2. The molecule has 0 saturated heterocycles. The highest BCUT2D eigenvalue weighted by Gasteiger charge is 2.30. The summed E-state index contributed by atoms with van der Waals surface area (Å²) in [6.45, 7) is -1.87. The molecular weight excluding hydrogens is 243 g/mol. The normalized spacial score (nSPS) is 17.9. The number of fused-ring (bicyclic) bond motifs is 1. The number of hydrogen-bond donors (Lipinski definition) is 0. The summed E-state index contributed by atoms with van der Waals surface area (Å²) in [6, 6.07) is 3.13. The van der Waals surface area contributed by atoms with Gasteiger partial charge in [-0.1, -0.05) is 0 Å². The Morgan fingerprint density at radius 3 is 2.73 bits per heavy atom. The van der Waals surface area contributed by atoms with Gasteiger partial charge in [-0.3, -0.25) is 4.79 Å². The molecule has 1 aromatic rings. The van der Waals surface area contributed by atoms with Crippen molar-refractivity contribution in [2.75, 3.05) is 6.26 Å². The molecule has 80 valence electrons. The molecule has 1 aromatic carbocycles. The number of rotatable bonds is 2. The van der Waals surface area contributed by atoms with E-state index in [0.29, 0.717) is 4.90 Å². The van der Waals surface area contributed by atoms with E-state index in [-0.39, 0.29) is 17.1 Å². The van der Waals surface area contributed by atoms with Gasteiger partial charge in [-0.05, 0) is 30.0 Å². The third kappa shape index (κ3) is 1.77. The third-order valence-electron chi connectivity index (χ3n) is 1.93. The van der Waals surface area contributed by atoms with Crippen molar-refractivity contribution in [1.82, 2.24) is 0 Å². The zero-order valence-electron chi connectivity index (χ0n) is 7.62. The first-order valence-electron chi connectivity index (χ1n) is 4.01. The van der Waals surface area contributed by atoms with Crippen LogP contribution in [0.25, 0.3) is 0 Å². The number of benzene rings is 1. The predicted molar refractivity (Wildman–Crippen MR) is 54.6 cm³/mol. The van der Waals surface area contributed by atoms with Crippen molar-refractivity contribution in [1.29, 1.82) is 0 Å². The second-order valence-corrected chi connectivity index (χ2v) is 3.95. The maximum absolute atomic E-state index is 12.9. The average molecular weight is 249 g/mol. The lowest BCUT2D eigenvalue weighted by Gasteiger charge is -2.04. The Labute approximate surface area is 94.5 Å². The van der Waals surface area contributed by atoms with Crippen LogP contribution in [-0.4, -0.2) is 18.0 Å². The van der Waals surface area contributed by atoms with Crippen molar-refractivity contribution < 1.29 is 18.7 Å². The Hall–Kier alpha value is -0.940. The third-order valence-corrected chi connectivity index (χ3v) is 2.89. The van der Waals surface area contributed by atoms with E-state index < -0.39 is 11.8 Å². The maximum atomic E-state index is 12.9. The molecule has 3 nitrogen and oxygen atoms in total. The number of hydrogen-bond acceptors (Lipinski definition) is 4. The van der Waals surface area contributed by atoms with Crippen LogP contribution in [0.15, 0.2) is 17.0 Å². The van der Waals surface area contributed by atoms with E-state index >= 15 is 0 Å². The topological polar surface area (TPSA) is 35.5 Å². The Morgan fingerprint density at radius 2 is 2.13 bits per heavy atom. The van der Waals surface area contributed by atoms with Crippen LogP contribution in [0.3, 0.4) is 0 Å². The summed E-state index contributed by atoms with van der Waals surface area (Å²) in [7, 11) is 0. The molecule has 0 aromatic heterocycles. The van der Waals surface area contributed by atoms with Crippen LogP contribution in [0.5, 0.6) is 11.5 Å². The smallest absolute Gasteiger partial charge is 0.397 e. The molecule has 1 aliphatic heterocycles. The lowest BCUT2D eigenvalue weighted by atomic mass is 10.2. The maximum Gasteiger partial charge on any atom is 0.397 e. The molecule has 1 atom stereocenters. The van der Waals surface area contributed by atoms with Crippen molar-refractivity contribution in [3.8, 4) is 11.5 Å². The Morgan fingerprint density at radius 1 is 1.47 bits per heavy atom. The van der Waals surface area contributed by atoms with Gasteiger partial charge in [0.05, 0.1) is 10.5 Å². The summed E-state index contributed by atoms with van der Waals surface area (Å²) in [5, 5.41) is -0.698. The number of carbonyl (C=O) groups is 1. The van der Waals surface area contributed by atoms with Gasteiger partial charge in [-0.2, -0.15) is 4.39 Å². The molecule has 0 saturated carbocycles. The van der Waals surface area contributed by atoms with Gasteiger partial charge in [0.2, 0.25) is 0 Å². The average Bonchev–Trinajstić information content (AvgIpc) is 2.56. The van der Waals surface area contributed by atoms with Crippen molar-refractivity contribution in [3.05, 3.63) is 17.7 Å². The zero-order chi connectivity index (χ0) is 11.0. The van der Waals surface area contributed by atoms with Gasteiger partial charge in [0.15, 0.2) is 11.5 Å². The molecule has 0 amide bonds. The Balaban J connectivity index is 2.57. The number of carbonyl (C=O) groups excluding carboxylic acids is 1. The molecule has 0 N–H and O–H groups in total. The van der Waals surface area contributed by atoms with E-state index in [4.69, 9.17) is 21.1 Å². The largest absolute Gasteiger partial charge is 0.424 e. The molecule has 0 bridgehead atoms. The van der Waals surface area contributed by atoms with Crippen LogP contribution in [0.2, 0.25) is 0 Å². The van der Waals surface area contributed by atoms with Crippen molar-refractivity contribution in [2.24, 2.45) is 0 Å². The van der Waals surface area contributed by atoms with E-state index in [1.807, 2.05) is 6.26 Å². The van der Waals surface area contributed by atoms with Crippen LogP contribution >= 0.6 is 23.4 Å². The Bertz CT molecular complexity index is 424. The summed E-state index contributed by atoms with van der Waals surface area (Å²) >= 11 is 6.70. The summed E-state index contributed by atoms with van der Waals surface area (Å²) in [4.78, 5) is 11.7. The first-order valence-corrected chi connectivity index (χ1v) is 5.62. The second-order valence-electron chi connectivity index (χ2n) is 2.76. The fourth-order valence-corrected chi connectivity index (χ4v) is 1.98. The highest BCUT2D eigenvalue weighted by atomic mass is 35.5. The van der Waals surface area contributed by atoms with Crippen LogP contribution in [-0.2, 0) is 0 Å². The van der Waals surface area contributed by atoms with E-state index in [1.54, 1.807) is 6.07 Å². The molecule has 0 radical (unpaired) electrons. The molecule has 2 rings (SSSR count). The van der Waals surface area contributed by atoms with Crippen LogP contribution in [0.1, 0.15) is 10.4 Å². The van der Waals surface area contributed by atoms with E-state index in [9.17, 15) is 9.18 Å². The van der Waals surface area contributed by atoms with Gasteiger partial charge < -0.3 is 9.47 Å². The quantitative estimate of drug-likeness (QED) is 0.596. The van der Waals surface area contributed by atoms with Crippen molar-refractivity contribution >= 4 is 28.6 Å². The fourth-order valence-electron chi connectivity index (χ4n) is 1.30. The molecule has 0 fully saturated rings. The monoisotopic (exact) mass is 248 g/mol. The molecule has 1 heterocycles. The number of ether oxygens (including phenoxy) is 2. The standard InChI is InChI=1S/C9H6ClFO3S/c1-15-5-3-2-4(8(10)12)6-7(5)14-9(11)13-6/h2-3,9H,1H3. The molecule has 15 heavy (non-hydrogen) atoms. The van der Waals surface area contributed by atoms with Crippen LogP contribution in [0, 0.1) is 0 Å². The highest BCUT2D eigenvalue weighted by molar-refractivity contribution is 7.98. The van der Waals surface area contributed by atoms with Gasteiger partial charge in [0.25, 0.3) is 5.24 Å². The van der Waals surface area contributed by atoms with Crippen LogP contribution in [0.4, 0.5) is 4.39 Å². The first-order chi connectivity index (χ1) is 7.13. The van der Waals surface area contributed by atoms with Crippen molar-refractivity contribution in [3.63, 3.8) is 0 Å². The molecule has 6 heteroatoms. The van der Waals surface area contributed by atoms with E-state index in [2.05, 4.69) is 0 Å². The van der Waals surface area contributed by atoms with E-state index in [0.717, 1.165) is 0 Å². The van der Waals surface area contributed by atoms with Crippen molar-refractivity contribution in [2.45, 2.75) is 11.4 Å². The van der Waals surface area contributed by atoms with Gasteiger partial charge in [-0.15, -0.1) is 11.8 Å². The van der Waals surface area contributed by atoms with Gasteiger partial charge in [0.1, 0.15) is 0 Å². The van der Waals surface area contributed by atoms with E-state index in [1.165, 1.54) is 17.8 Å². The summed E-state index contributed by atoms with van der Waals surface area (Å²) < 4.78 is 22.4. The molecular formula is C9H6ClFO3S.